The second-order valence-corrected chi connectivity index (χ2v) is 9.05. The first-order valence-corrected chi connectivity index (χ1v) is 11.9. The summed E-state index contributed by atoms with van der Waals surface area (Å²) in [4.78, 5) is 42.0. The predicted molar refractivity (Wildman–Crippen MR) is 134 cm³/mol. The number of aliphatic hydroxyl groups is 2. The maximum Gasteiger partial charge on any atom is 0.239 e. The maximum atomic E-state index is 13.7. The number of aryl methyl sites for hydroxylation is 4. The molecule has 0 spiro atoms. The Morgan fingerprint density at radius 3 is 2.08 bits per heavy atom. The van der Waals surface area contributed by atoms with Crippen molar-refractivity contribution in [2.75, 3.05) is 13.2 Å². The fraction of sp³-hybridized carbons (Fsp3) is 0.308. The molecule has 0 unspecified atom stereocenters. The number of rotatable bonds is 6. The highest BCUT2D eigenvalue weighted by Crippen LogP contribution is 2.22. The molecule has 8 bridgehead atoms. The number of aromatic amines is 2. The van der Waals surface area contributed by atoms with Crippen LogP contribution in [0.1, 0.15) is 33.1 Å². The lowest BCUT2D eigenvalue weighted by molar-refractivity contribution is -0.123. The zero-order chi connectivity index (χ0) is 25.2. The number of nitrogens with zero attached hydrogens (tertiary/aromatic N) is 2. The van der Waals surface area contributed by atoms with E-state index in [0.29, 0.717) is 29.6 Å². The lowest BCUT2D eigenvalue weighted by Crippen LogP contribution is -2.51. The Bertz CT molecular complexity index is 1470. The van der Waals surface area contributed by atoms with Gasteiger partial charge in [0.25, 0.3) is 0 Å². The second-order valence-electron chi connectivity index (χ2n) is 9.05. The molecule has 2 atom stereocenters. The molecule has 5 heterocycles. The topological polar surface area (TPSA) is 170 Å². The molecule has 186 valence electrons. The van der Waals surface area contributed by atoms with Gasteiger partial charge in [-0.1, -0.05) is 0 Å². The second kappa shape index (κ2) is 10.0. The zero-order valence-electron chi connectivity index (χ0n) is 19.6. The van der Waals surface area contributed by atoms with Crippen LogP contribution in [0.4, 0.5) is 0 Å². The highest BCUT2D eigenvalue weighted by molar-refractivity contribution is 6.08. The number of hydrogen-bond donors (Lipinski definition) is 6. The van der Waals surface area contributed by atoms with Gasteiger partial charge in [0, 0.05) is 33.6 Å². The van der Waals surface area contributed by atoms with Crippen LogP contribution in [-0.2, 0) is 30.5 Å². The summed E-state index contributed by atoms with van der Waals surface area (Å²) in [7, 11) is 0. The smallest absolute Gasteiger partial charge is 0.239 e. The van der Waals surface area contributed by atoms with Crippen LogP contribution in [0.3, 0.4) is 0 Å². The third-order valence-corrected chi connectivity index (χ3v) is 6.38. The molecule has 2 aliphatic rings. The molecule has 3 aromatic heterocycles. The summed E-state index contributed by atoms with van der Waals surface area (Å²) in [5.74, 6) is -1.21. The summed E-state index contributed by atoms with van der Waals surface area (Å²) in [6.07, 6.45) is 2.81. The summed E-state index contributed by atoms with van der Waals surface area (Å²) in [5.41, 5.74) is 12.4. The number of amides is 1. The van der Waals surface area contributed by atoms with Gasteiger partial charge in [0.2, 0.25) is 5.91 Å². The largest absolute Gasteiger partial charge is 0.394 e. The Morgan fingerprint density at radius 2 is 1.44 bits per heavy atom. The van der Waals surface area contributed by atoms with Crippen molar-refractivity contribution in [3.63, 3.8) is 0 Å². The van der Waals surface area contributed by atoms with Crippen molar-refractivity contribution in [2.24, 2.45) is 5.73 Å². The molecule has 0 radical (unpaired) electrons. The van der Waals surface area contributed by atoms with Crippen LogP contribution in [0, 0.1) is 0 Å². The Kier molecular flexibility index (Phi) is 6.64. The SMILES string of the molecule is N[C@@H](CO)C(=O)N[C@@H](CO)C(=O)c1c2nc(cc3ccc(cc4nc(cc5ccc1[nH]5)CC4)[nH]3)CC2. The molecular weight excluding hydrogens is 460 g/mol. The van der Waals surface area contributed by atoms with Crippen molar-refractivity contribution in [3.05, 3.63) is 70.8 Å². The van der Waals surface area contributed by atoms with Crippen molar-refractivity contribution in [1.29, 1.82) is 0 Å². The summed E-state index contributed by atoms with van der Waals surface area (Å²) >= 11 is 0. The first kappa shape index (κ1) is 23.9. The van der Waals surface area contributed by atoms with Gasteiger partial charge in [-0.3, -0.25) is 19.6 Å². The van der Waals surface area contributed by atoms with Gasteiger partial charge in [0.15, 0.2) is 5.78 Å². The van der Waals surface area contributed by atoms with E-state index in [-0.39, 0.29) is 0 Å². The van der Waals surface area contributed by atoms with Gasteiger partial charge < -0.3 is 31.2 Å². The van der Waals surface area contributed by atoms with Gasteiger partial charge in [0.05, 0.1) is 30.0 Å². The lowest BCUT2D eigenvalue weighted by Gasteiger charge is -2.18. The standard InChI is InChI=1S/C26H28N6O4/c27-20(12-33)26(36)32-23(13-34)25(35)24-21-7-5-18(30-21)10-16-3-1-14(28-16)9-15-2-4-17(29-15)11-19-6-8-22(24)31-19/h1,3,6,8-11,20,23,28,31,33-34H,2,4-5,7,12-13,27H2,(H,32,36)/t20-,23-/m0/s1. The van der Waals surface area contributed by atoms with Crippen molar-refractivity contribution in [3.8, 4) is 0 Å². The normalized spacial score (nSPS) is 14.9. The van der Waals surface area contributed by atoms with E-state index in [2.05, 4.69) is 21.4 Å². The number of nitrogens with two attached hydrogens (primary N) is 1. The van der Waals surface area contributed by atoms with Crippen LogP contribution in [0.2, 0.25) is 0 Å². The first-order valence-electron chi connectivity index (χ1n) is 11.9. The van der Waals surface area contributed by atoms with Crippen molar-refractivity contribution in [1.82, 2.24) is 25.3 Å². The summed E-state index contributed by atoms with van der Waals surface area (Å²) in [6, 6.07) is 11.1. The van der Waals surface area contributed by atoms with E-state index < -0.39 is 37.0 Å². The lowest BCUT2D eigenvalue weighted by atomic mass is 10.0. The minimum atomic E-state index is -1.24. The number of carbonyl (C=O) groups is 2. The highest BCUT2D eigenvalue weighted by atomic mass is 16.3. The molecule has 0 aliphatic carbocycles. The molecule has 36 heavy (non-hydrogen) atoms. The van der Waals surface area contributed by atoms with Gasteiger partial charge in [-0.05, 0) is 68.1 Å². The van der Waals surface area contributed by atoms with Gasteiger partial charge in [-0.2, -0.15) is 0 Å². The van der Waals surface area contributed by atoms with E-state index in [0.717, 1.165) is 46.5 Å². The quantitative estimate of drug-likeness (QED) is 0.280. The van der Waals surface area contributed by atoms with Crippen LogP contribution in [-0.4, -0.2) is 67.1 Å². The van der Waals surface area contributed by atoms with E-state index in [4.69, 9.17) is 15.7 Å². The Labute approximate surface area is 206 Å². The molecular formula is C26H28N6O4. The molecule has 10 heteroatoms. The molecule has 1 amide bonds. The number of H-pyrrole nitrogens is 2. The first-order chi connectivity index (χ1) is 17.4. The van der Waals surface area contributed by atoms with Crippen molar-refractivity contribution < 1.29 is 19.8 Å². The summed E-state index contributed by atoms with van der Waals surface area (Å²) in [5, 5.41) is 21.6. The van der Waals surface area contributed by atoms with E-state index in [1.807, 2.05) is 30.3 Å². The van der Waals surface area contributed by atoms with E-state index >= 15 is 0 Å². The third kappa shape index (κ3) is 4.92. The average Bonchev–Trinajstić information content (AvgIpc) is 3.67. The van der Waals surface area contributed by atoms with Crippen molar-refractivity contribution >= 4 is 33.8 Å². The van der Waals surface area contributed by atoms with E-state index in [9.17, 15) is 19.8 Å². The molecule has 2 aliphatic heterocycles. The van der Waals surface area contributed by atoms with Crippen LogP contribution in [0.25, 0.3) is 22.1 Å². The Hall–Kier alpha value is -3.86. The molecule has 10 nitrogen and oxygen atoms in total. The van der Waals surface area contributed by atoms with Crippen LogP contribution < -0.4 is 11.1 Å². The maximum absolute atomic E-state index is 13.7. The Morgan fingerprint density at radius 1 is 0.861 bits per heavy atom. The fourth-order valence-electron chi connectivity index (χ4n) is 4.52. The number of hydrogen-bond acceptors (Lipinski definition) is 7. The summed E-state index contributed by atoms with van der Waals surface area (Å²) < 4.78 is 0. The fourth-order valence-corrected chi connectivity index (χ4v) is 4.52. The average molecular weight is 489 g/mol. The number of carbonyl (C=O) groups excluding carboxylic acids is 2. The number of aromatic nitrogens is 4. The molecule has 0 aromatic carbocycles. The van der Waals surface area contributed by atoms with E-state index in [1.54, 1.807) is 6.07 Å². The number of Topliss-reactive ketones (excluding diaryl/α,β-unsaturated/α-hetero) is 1. The molecule has 5 rings (SSSR count). The van der Waals surface area contributed by atoms with Crippen LogP contribution in [0.15, 0.2) is 42.5 Å². The van der Waals surface area contributed by atoms with E-state index in [1.165, 1.54) is 0 Å². The minimum absolute atomic E-state index is 0.295. The van der Waals surface area contributed by atoms with Crippen molar-refractivity contribution in [2.45, 2.75) is 37.8 Å². The summed E-state index contributed by atoms with van der Waals surface area (Å²) in [6.45, 7) is -1.20. The Balaban J connectivity index is 1.70. The molecule has 7 N–H and O–H groups in total. The molecule has 0 saturated heterocycles. The number of nitrogens with one attached hydrogen (secondary N) is 3. The van der Waals surface area contributed by atoms with Gasteiger partial charge in [-0.15, -0.1) is 0 Å². The third-order valence-electron chi connectivity index (χ3n) is 6.38. The monoisotopic (exact) mass is 488 g/mol. The predicted octanol–water partition coefficient (Wildman–Crippen LogP) is 0.865. The van der Waals surface area contributed by atoms with Crippen LogP contribution >= 0.6 is 0 Å². The van der Waals surface area contributed by atoms with Gasteiger partial charge in [-0.25, -0.2) is 0 Å². The van der Waals surface area contributed by atoms with Crippen LogP contribution in [0.5, 0.6) is 0 Å². The highest BCUT2D eigenvalue weighted by Gasteiger charge is 2.28. The number of aliphatic hydroxyl groups excluding tert-OH is 2. The van der Waals surface area contributed by atoms with Gasteiger partial charge >= 0.3 is 0 Å². The molecule has 0 saturated carbocycles. The molecule has 3 aromatic rings. The number of fused-ring (bicyclic) bond motifs is 8. The molecule has 0 fully saturated rings. The van der Waals surface area contributed by atoms with Gasteiger partial charge in [0.1, 0.15) is 12.1 Å². The minimum Gasteiger partial charge on any atom is -0.394 e. The zero-order valence-corrected chi connectivity index (χ0v) is 19.6. The number of ketones is 1.